The number of aldehydes is 1. The maximum Gasteiger partial charge on any atom is 0.151 e. The molecule has 0 aliphatic rings. The fraction of sp³-hybridized carbons (Fsp3) is 0.222. The summed E-state index contributed by atoms with van der Waals surface area (Å²) in [5.74, 6) is 1.44. The second kappa shape index (κ2) is 6.89. The van der Waals surface area contributed by atoms with Gasteiger partial charge in [-0.05, 0) is 29.8 Å². The number of hydrogen-bond acceptors (Lipinski definition) is 4. The molecule has 4 nitrogen and oxygen atoms in total. The van der Waals surface area contributed by atoms with Gasteiger partial charge in [0.2, 0.25) is 0 Å². The monoisotopic (exact) mass is 297 g/mol. The van der Waals surface area contributed by atoms with Gasteiger partial charge in [-0.25, -0.2) is 0 Å². The minimum absolute atomic E-state index is 0.103. The average Bonchev–Trinajstić information content (AvgIpc) is 2.97. The topological polar surface area (TPSA) is 51.8 Å². The van der Waals surface area contributed by atoms with Gasteiger partial charge in [0.05, 0.1) is 7.11 Å². The first-order chi connectivity index (χ1) is 10.6. The molecule has 0 N–H and O–H groups in total. The van der Waals surface area contributed by atoms with Crippen molar-refractivity contribution in [3.05, 3.63) is 53.8 Å². The second-order valence-corrected chi connectivity index (χ2v) is 4.89. The third-order valence-corrected chi connectivity index (χ3v) is 3.58. The highest BCUT2D eigenvalue weighted by molar-refractivity contribution is 6.03. The van der Waals surface area contributed by atoms with E-state index < -0.39 is 0 Å². The highest BCUT2D eigenvalue weighted by atomic mass is 16.5. The lowest BCUT2D eigenvalue weighted by molar-refractivity contribution is -0.104. The number of ether oxygens (including phenoxy) is 1. The quantitative estimate of drug-likeness (QED) is 0.351. The molecule has 0 fully saturated rings. The van der Waals surface area contributed by atoms with E-state index in [9.17, 15) is 4.79 Å². The predicted molar refractivity (Wildman–Crippen MR) is 88.9 cm³/mol. The molecule has 2 aromatic rings. The number of methoxy groups -OCH3 is 1. The zero-order chi connectivity index (χ0) is 16.1. The van der Waals surface area contributed by atoms with E-state index in [0.29, 0.717) is 5.57 Å². The molecule has 1 aromatic heterocycles. The molecule has 0 aliphatic heterocycles. The second-order valence-electron chi connectivity index (χ2n) is 4.89. The number of rotatable bonds is 6. The lowest BCUT2D eigenvalue weighted by atomic mass is 9.94. The molecule has 1 aromatic carbocycles. The molecule has 1 atom stereocenters. The molecule has 0 bridgehead atoms. The Morgan fingerprint density at radius 2 is 2.18 bits per heavy atom. The number of nitrogens with zero attached hydrogens (tertiary/aromatic N) is 1. The van der Waals surface area contributed by atoms with Gasteiger partial charge >= 0.3 is 0 Å². The van der Waals surface area contributed by atoms with Crippen LogP contribution in [0.5, 0.6) is 5.75 Å². The molecule has 2 rings (SSSR count). The normalized spacial score (nSPS) is 14.0. The Labute approximate surface area is 129 Å². The Morgan fingerprint density at radius 3 is 2.77 bits per heavy atom. The van der Waals surface area contributed by atoms with E-state index in [0.717, 1.165) is 34.3 Å². The van der Waals surface area contributed by atoms with E-state index in [2.05, 4.69) is 11.6 Å². The highest BCUT2D eigenvalue weighted by Crippen LogP contribution is 2.32. The van der Waals surface area contributed by atoms with Crippen molar-refractivity contribution >= 4 is 23.5 Å². The van der Waals surface area contributed by atoms with Crippen LogP contribution < -0.4 is 4.74 Å². The number of fused-ring (bicyclic) bond motifs is 1. The van der Waals surface area contributed by atoms with Gasteiger partial charge < -0.3 is 9.15 Å². The summed E-state index contributed by atoms with van der Waals surface area (Å²) in [5.41, 5.74) is 2.07. The van der Waals surface area contributed by atoms with Crippen molar-refractivity contribution in [3.63, 3.8) is 0 Å². The summed E-state index contributed by atoms with van der Waals surface area (Å²) in [7, 11) is 3.26. The summed E-state index contributed by atoms with van der Waals surface area (Å²) < 4.78 is 11.1. The minimum Gasteiger partial charge on any atom is -0.497 e. The molecule has 0 aliphatic carbocycles. The zero-order valence-electron chi connectivity index (χ0n) is 13.0. The van der Waals surface area contributed by atoms with Crippen LogP contribution in [0, 0.1) is 0 Å². The van der Waals surface area contributed by atoms with Gasteiger partial charge in [0.15, 0.2) is 6.29 Å². The van der Waals surface area contributed by atoms with Crippen molar-refractivity contribution < 1.29 is 13.9 Å². The van der Waals surface area contributed by atoms with Crippen molar-refractivity contribution in [2.45, 2.75) is 12.8 Å². The van der Waals surface area contributed by atoms with Crippen LogP contribution in [0.1, 0.15) is 18.6 Å². The van der Waals surface area contributed by atoms with Gasteiger partial charge in [-0.3, -0.25) is 9.79 Å². The van der Waals surface area contributed by atoms with E-state index >= 15 is 0 Å². The Hall–Kier alpha value is -2.62. The van der Waals surface area contributed by atoms with Gasteiger partial charge in [0.25, 0.3) is 0 Å². The molecule has 0 amide bonds. The van der Waals surface area contributed by atoms with Crippen LogP contribution in [0.3, 0.4) is 0 Å². The maximum absolute atomic E-state index is 11.2. The van der Waals surface area contributed by atoms with Crippen molar-refractivity contribution in [1.82, 2.24) is 0 Å². The molecular formula is C18H19NO3. The van der Waals surface area contributed by atoms with Crippen LogP contribution in [0.4, 0.5) is 0 Å². The van der Waals surface area contributed by atoms with Crippen LogP contribution in [0.15, 0.2) is 57.5 Å². The lowest BCUT2D eigenvalue weighted by Gasteiger charge is -2.11. The smallest absolute Gasteiger partial charge is 0.151 e. The summed E-state index contributed by atoms with van der Waals surface area (Å²) in [6.45, 7) is 5.77. The van der Waals surface area contributed by atoms with E-state index in [-0.39, 0.29) is 5.92 Å². The Kier molecular flexibility index (Phi) is 4.94. The third-order valence-electron chi connectivity index (χ3n) is 3.58. The Morgan fingerprint density at radius 1 is 1.41 bits per heavy atom. The predicted octanol–water partition coefficient (Wildman–Crippen LogP) is 3.93. The number of allylic oxidation sites excluding steroid dienone is 3. The van der Waals surface area contributed by atoms with E-state index in [1.165, 1.54) is 6.21 Å². The first-order valence-corrected chi connectivity index (χ1v) is 6.96. The number of aliphatic imine (C=N–C) groups is 1. The number of carbonyl (C=O) groups excluding carboxylic acids is 1. The molecule has 0 saturated heterocycles. The van der Waals surface area contributed by atoms with Gasteiger partial charge in [0, 0.05) is 30.1 Å². The van der Waals surface area contributed by atoms with Crippen LogP contribution in [0.2, 0.25) is 0 Å². The molecule has 0 radical (unpaired) electrons. The Bertz CT molecular complexity index is 753. The molecule has 22 heavy (non-hydrogen) atoms. The van der Waals surface area contributed by atoms with Crippen molar-refractivity contribution in [1.29, 1.82) is 0 Å². The van der Waals surface area contributed by atoms with E-state index in [1.54, 1.807) is 20.2 Å². The first-order valence-electron chi connectivity index (χ1n) is 6.96. The average molecular weight is 297 g/mol. The molecule has 4 heteroatoms. The fourth-order valence-electron chi connectivity index (χ4n) is 2.39. The van der Waals surface area contributed by atoms with Gasteiger partial charge in [-0.2, -0.15) is 0 Å². The number of furan rings is 1. The third kappa shape index (κ3) is 3.01. The molecule has 1 unspecified atom stereocenters. The van der Waals surface area contributed by atoms with Crippen LogP contribution in [0.25, 0.3) is 11.0 Å². The van der Waals surface area contributed by atoms with Crippen LogP contribution >= 0.6 is 0 Å². The van der Waals surface area contributed by atoms with Crippen LogP contribution in [-0.4, -0.2) is 26.7 Å². The van der Waals surface area contributed by atoms with Crippen molar-refractivity contribution in [3.8, 4) is 5.75 Å². The first kappa shape index (κ1) is 15.8. The number of carbonyl (C=O) groups is 1. The van der Waals surface area contributed by atoms with Gasteiger partial charge in [0.1, 0.15) is 17.1 Å². The summed E-state index contributed by atoms with van der Waals surface area (Å²) in [5, 5.41) is 0.960. The van der Waals surface area contributed by atoms with E-state index in [4.69, 9.17) is 9.15 Å². The number of hydrogen-bond donors (Lipinski definition) is 0. The highest BCUT2D eigenvalue weighted by Gasteiger charge is 2.17. The maximum atomic E-state index is 11.2. The van der Waals surface area contributed by atoms with E-state index in [1.807, 2.05) is 31.2 Å². The van der Waals surface area contributed by atoms with Gasteiger partial charge in [-0.15, -0.1) is 0 Å². The molecule has 114 valence electrons. The summed E-state index contributed by atoms with van der Waals surface area (Å²) >= 11 is 0. The summed E-state index contributed by atoms with van der Waals surface area (Å²) in [6, 6.07) is 7.60. The molecular weight excluding hydrogens is 278 g/mol. The lowest BCUT2D eigenvalue weighted by Crippen LogP contribution is -2.01. The van der Waals surface area contributed by atoms with Crippen LogP contribution in [-0.2, 0) is 4.79 Å². The fourth-order valence-corrected chi connectivity index (χ4v) is 2.39. The summed E-state index contributed by atoms with van der Waals surface area (Å²) in [4.78, 5) is 15.2. The standard InChI is InChI=1S/C18H19NO3/c1-5-16(14(11-20)10-19-3)12(2)18-9-13-8-15(21-4)6-7-17(13)22-18/h5-12H,1H2,2-4H3/b16-14-,19-10?. The SMILES string of the molecule is C=C/C(=C(/C=O)C=NC)C(C)c1cc2cc(OC)ccc2o1. The molecule has 0 saturated carbocycles. The Balaban J connectivity index is 2.49. The zero-order valence-corrected chi connectivity index (χ0v) is 13.0. The molecule has 1 heterocycles. The molecule has 0 spiro atoms. The largest absolute Gasteiger partial charge is 0.497 e. The number of benzene rings is 1. The van der Waals surface area contributed by atoms with Gasteiger partial charge in [-0.1, -0.05) is 19.6 Å². The summed E-state index contributed by atoms with van der Waals surface area (Å²) in [6.07, 6.45) is 3.99. The minimum atomic E-state index is -0.103. The van der Waals surface area contributed by atoms with Crippen molar-refractivity contribution in [2.75, 3.05) is 14.2 Å². The van der Waals surface area contributed by atoms with Crippen molar-refractivity contribution in [2.24, 2.45) is 4.99 Å².